The second-order valence-electron chi connectivity index (χ2n) is 3.80. The number of ether oxygens (including phenoxy) is 1. The lowest BCUT2D eigenvalue weighted by Gasteiger charge is -2.09. The predicted molar refractivity (Wildman–Crippen MR) is 69.1 cm³/mol. The normalized spacial score (nSPS) is 9.67. The van der Waals surface area contributed by atoms with Crippen LogP contribution in [-0.4, -0.2) is 21.0 Å². The van der Waals surface area contributed by atoms with Gasteiger partial charge < -0.3 is 9.84 Å². The van der Waals surface area contributed by atoms with E-state index >= 15 is 0 Å². The van der Waals surface area contributed by atoms with Crippen molar-refractivity contribution in [3.05, 3.63) is 57.9 Å². The molecular weight excluding hydrogens is 278 g/mol. The molecule has 0 aliphatic carbocycles. The van der Waals surface area contributed by atoms with Gasteiger partial charge in [0.25, 0.3) is 5.69 Å². The number of benzene rings is 1. The fourth-order valence-electron chi connectivity index (χ4n) is 1.64. The zero-order chi connectivity index (χ0) is 15.4. The van der Waals surface area contributed by atoms with Gasteiger partial charge in [0.1, 0.15) is 11.8 Å². The number of aromatic nitrogens is 1. The Morgan fingerprint density at radius 3 is 2.76 bits per heavy atom. The number of nitrogens with zero attached hydrogens (tertiary/aromatic N) is 3. The van der Waals surface area contributed by atoms with E-state index in [1.54, 1.807) is 0 Å². The van der Waals surface area contributed by atoms with Gasteiger partial charge in [0.15, 0.2) is 11.3 Å². The molecule has 0 aliphatic rings. The van der Waals surface area contributed by atoms with Gasteiger partial charge in [-0.3, -0.25) is 15.1 Å². The molecule has 0 unspecified atom stereocenters. The van der Waals surface area contributed by atoms with Crippen molar-refractivity contribution in [1.29, 1.82) is 5.26 Å². The summed E-state index contributed by atoms with van der Waals surface area (Å²) in [6.45, 7) is 0. The average molecular weight is 285 g/mol. The second kappa shape index (κ2) is 5.66. The van der Waals surface area contributed by atoms with Crippen LogP contribution in [0.2, 0.25) is 0 Å². The Morgan fingerprint density at radius 1 is 1.38 bits per heavy atom. The zero-order valence-electron chi connectivity index (χ0n) is 10.4. The van der Waals surface area contributed by atoms with Gasteiger partial charge in [-0.2, -0.15) is 5.26 Å². The number of pyridine rings is 1. The Balaban J connectivity index is 2.55. The first-order valence-corrected chi connectivity index (χ1v) is 5.57. The summed E-state index contributed by atoms with van der Waals surface area (Å²) in [6, 6.07) is 6.86. The third-order valence-corrected chi connectivity index (χ3v) is 2.54. The van der Waals surface area contributed by atoms with Crippen molar-refractivity contribution in [3.63, 3.8) is 0 Å². The Bertz CT molecular complexity index is 767. The summed E-state index contributed by atoms with van der Waals surface area (Å²) in [5, 5.41) is 28.9. The number of carboxylic acids is 1. The molecule has 8 heteroatoms. The summed E-state index contributed by atoms with van der Waals surface area (Å²) in [5.41, 5.74) is -1.05. The van der Waals surface area contributed by atoms with Crippen LogP contribution >= 0.6 is 0 Å². The van der Waals surface area contributed by atoms with Crippen LogP contribution in [0, 0.1) is 21.4 Å². The standard InChI is InChI=1S/C13H7N3O5/c14-6-8-4-5-15-7-11(8)21-10-3-1-2-9(16(19)20)12(10)13(17)18/h1-5,7H,(H,17,18). The van der Waals surface area contributed by atoms with Crippen LogP contribution in [0.1, 0.15) is 15.9 Å². The monoisotopic (exact) mass is 285 g/mol. The maximum atomic E-state index is 11.2. The topological polar surface area (TPSA) is 126 Å². The summed E-state index contributed by atoms with van der Waals surface area (Å²) in [4.78, 5) is 25.1. The molecule has 1 heterocycles. The Hall–Kier alpha value is -3.47. The van der Waals surface area contributed by atoms with Gasteiger partial charge in [-0.1, -0.05) is 6.07 Å². The third-order valence-electron chi connectivity index (χ3n) is 2.54. The van der Waals surface area contributed by atoms with Crippen molar-refractivity contribution in [2.45, 2.75) is 0 Å². The number of aromatic carboxylic acids is 1. The number of nitro benzene ring substituents is 1. The van der Waals surface area contributed by atoms with E-state index in [-0.39, 0.29) is 17.1 Å². The molecule has 0 atom stereocenters. The molecule has 0 radical (unpaired) electrons. The molecule has 2 rings (SSSR count). The van der Waals surface area contributed by atoms with E-state index in [0.717, 1.165) is 6.07 Å². The van der Waals surface area contributed by atoms with Gasteiger partial charge in [0.2, 0.25) is 0 Å². The largest absolute Gasteiger partial charge is 0.477 e. The van der Waals surface area contributed by atoms with Crippen molar-refractivity contribution in [1.82, 2.24) is 4.98 Å². The summed E-state index contributed by atoms with van der Waals surface area (Å²) in [6.07, 6.45) is 2.60. The zero-order valence-corrected chi connectivity index (χ0v) is 10.4. The molecule has 0 saturated carbocycles. The van der Waals surface area contributed by atoms with Crippen LogP contribution in [0.5, 0.6) is 11.5 Å². The first kappa shape index (κ1) is 14.0. The van der Waals surface area contributed by atoms with Gasteiger partial charge in [0, 0.05) is 12.3 Å². The maximum Gasteiger partial charge on any atom is 0.346 e. The number of carbonyl (C=O) groups is 1. The van der Waals surface area contributed by atoms with Crippen LogP contribution in [-0.2, 0) is 0 Å². The first-order chi connectivity index (χ1) is 10.0. The van der Waals surface area contributed by atoms with Crippen LogP contribution in [0.3, 0.4) is 0 Å². The number of nitriles is 1. The van der Waals surface area contributed by atoms with Crippen LogP contribution in [0.15, 0.2) is 36.7 Å². The van der Waals surface area contributed by atoms with Crippen molar-refractivity contribution >= 4 is 11.7 Å². The van der Waals surface area contributed by atoms with E-state index in [2.05, 4.69) is 4.98 Å². The molecule has 104 valence electrons. The number of hydrogen-bond acceptors (Lipinski definition) is 6. The fraction of sp³-hybridized carbons (Fsp3) is 0. The number of hydrogen-bond donors (Lipinski definition) is 1. The van der Waals surface area contributed by atoms with Gasteiger partial charge in [-0.05, 0) is 12.1 Å². The molecule has 0 bridgehead atoms. The fourth-order valence-corrected chi connectivity index (χ4v) is 1.64. The number of nitro groups is 1. The molecule has 2 aromatic rings. The lowest BCUT2D eigenvalue weighted by atomic mass is 10.1. The predicted octanol–water partition coefficient (Wildman–Crippen LogP) is 2.35. The number of rotatable bonds is 4. The summed E-state index contributed by atoms with van der Waals surface area (Å²) in [5.74, 6) is -1.72. The van der Waals surface area contributed by atoms with Crippen LogP contribution in [0.25, 0.3) is 0 Å². The maximum absolute atomic E-state index is 11.2. The SMILES string of the molecule is N#Cc1ccncc1Oc1cccc([N+](=O)[O-])c1C(=O)O. The van der Waals surface area contributed by atoms with Crippen molar-refractivity contribution < 1.29 is 19.6 Å². The van der Waals surface area contributed by atoms with E-state index < -0.39 is 22.1 Å². The minimum atomic E-state index is -1.50. The first-order valence-electron chi connectivity index (χ1n) is 5.57. The Labute approximate surface area is 118 Å². The molecule has 0 amide bonds. The van der Waals surface area contributed by atoms with E-state index in [9.17, 15) is 14.9 Å². The lowest BCUT2D eigenvalue weighted by molar-refractivity contribution is -0.385. The molecule has 1 aromatic carbocycles. The van der Waals surface area contributed by atoms with Crippen molar-refractivity contribution in [2.75, 3.05) is 0 Å². The molecule has 0 saturated heterocycles. The van der Waals surface area contributed by atoms with Gasteiger partial charge in [0.05, 0.1) is 16.7 Å². The molecule has 1 aromatic heterocycles. The van der Waals surface area contributed by atoms with E-state index in [4.69, 9.17) is 15.1 Å². The van der Waals surface area contributed by atoms with Gasteiger partial charge >= 0.3 is 5.97 Å². The molecule has 0 spiro atoms. The van der Waals surface area contributed by atoms with E-state index in [1.165, 1.54) is 30.6 Å². The summed E-state index contributed by atoms with van der Waals surface area (Å²) < 4.78 is 5.31. The minimum Gasteiger partial charge on any atom is -0.477 e. The summed E-state index contributed by atoms with van der Waals surface area (Å²) >= 11 is 0. The highest BCUT2D eigenvalue weighted by molar-refractivity contribution is 5.95. The number of carboxylic acid groups (broad SMARTS) is 1. The van der Waals surface area contributed by atoms with E-state index in [0.29, 0.717) is 0 Å². The Morgan fingerprint density at radius 2 is 2.14 bits per heavy atom. The highest BCUT2D eigenvalue weighted by Crippen LogP contribution is 2.32. The molecule has 0 fully saturated rings. The van der Waals surface area contributed by atoms with E-state index in [1.807, 2.05) is 6.07 Å². The third kappa shape index (κ3) is 2.76. The van der Waals surface area contributed by atoms with Gasteiger partial charge in [-0.25, -0.2) is 4.79 Å². The minimum absolute atomic E-state index is 0.0167. The Kier molecular flexibility index (Phi) is 3.76. The van der Waals surface area contributed by atoms with Gasteiger partial charge in [-0.15, -0.1) is 0 Å². The molecule has 1 N–H and O–H groups in total. The molecule has 21 heavy (non-hydrogen) atoms. The highest BCUT2D eigenvalue weighted by Gasteiger charge is 2.25. The lowest BCUT2D eigenvalue weighted by Crippen LogP contribution is -2.05. The average Bonchev–Trinajstić information content (AvgIpc) is 2.47. The van der Waals surface area contributed by atoms with Crippen LogP contribution in [0.4, 0.5) is 5.69 Å². The molecule has 8 nitrogen and oxygen atoms in total. The van der Waals surface area contributed by atoms with Crippen LogP contribution < -0.4 is 4.74 Å². The summed E-state index contributed by atoms with van der Waals surface area (Å²) in [7, 11) is 0. The quantitative estimate of drug-likeness (QED) is 0.674. The van der Waals surface area contributed by atoms with Crippen molar-refractivity contribution in [2.24, 2.45) is 0 Å². The van der Waals surface area contributed by atoms with Crippen molar-refractivity contribution in [3.8, 4) is 17.6 Å². The molecular formula is C13H7N3O5. The second-order valence-corrected chi connectivity index (χ2v) is 3.80. The molecule has 0 aliphatic heterocycles. The smallest absolute Gasteiger partial charge is 0.346 e. The highest BCUT2D eigenvalue weighted by atomic mass is 16.6.